The molecule has 1 aromatic heterocycles. The third-order valence-electron chi connectivity index (χ3n) is 6.40. The molecular weight excluding hydrogens is 466 g/mol. The summed E-state index contributed by atoms with van der Waals surface area (Å²) < 4.78 is 35.2. The Balaban J connectivity index is 1.60. The van der Waals surface area contributed by atoms with Gasteiger partial charge in [0, 0.05) is 30.4 Å². The van der Waals surface area contributed by atoms with Crippen LogP contribution in [-0.4, -0.2) is 64.6 Å². The fourth-order valence-electron chi connectivity index (χ4n) is 4.40. The summed E-state index contributed by atoms with van der Waals surface area (Å²) in [6.07, 6.45) is 5.29. The Kier molecular flexibility index (Phi) is 7.26. The minimum atomic E-state index is -0.705. The number of aliphatic hydroxyl groups is 1. The van der Waals surface area contributed by atoms with Crippen molar-refractivity contribution in [2.75, 3.05) is 36.5 Å². The first-order chi connectivity index (χ1) is 17.1. The predicted octanol–water partition coefficient (Wildman–Crippen LogP) is 4.34. The molecule has 192 valence electrons. The van der Waals surface area contributed by atoms with Crippen molar-refractivity contribution in [2.24, 2.45) is 4.99 Å². The number of benzene rings is 1. The maximum Gasteiger partial charge on any atom is 0.229 e. The van der Waals surface area contributed by atoms with Gasteiger partial charge in [0.15, 0.2) is 17.4 Å². The van der Waals surface area contributed by atoms with E-state index in [1.54, 1.807) is 12.1 Å². The number of β-amino-alcohol motifs (C(OH)–C–C–N with tert-alkyl or cyclic N) is 1. The molecule has 8 nitrogen and oxygen atoms in total. The maximum atomic E-state index is 14.9. The summed E-state index contributed by atoms with van der Waals surface area (Å²) in [5.41, 5.74) is 1.05. The van der Waals surface area contributed by atoms with Gasteiger partial charge in [-0.15, -0.1) is 0 Å². The third-order valence-corrected chi connectivity index (χ3v) is 6.40. The number of anilines is 2. The van der Waals surface area contributed by atoms with Crippen LogP contribution in [-0.2, 0) is 0 Å². The fourth-order valence-corrected chi connectivity index (χ4v) is 4.40. The number of halogens is 2. The molecule has 1 saturated heterocycles. The van der Waals surface area contributed by atoms with Crippen LogP contribution >= 0.6 is 0 Å². The molecule has 3 heterocycles. The van der Waals surface area contributed by atoms with Gasteiger partial charge in [0.1, 0.15) is 18.1 Å². The van der Waals surface area contributed by atoms with E-state index < -0.39 is 17.2 Å². The Morgan fingerprint density at radius 1 is 1.28 bits per heavy atom. The number of likely N-dealkylation sites (tertiary alicyclic amines) is 1. The van der Waals surface area contributed by atoms with Crippen LogP contribution in [0.5, 0.6) is 5.75 Å². The molecule has 2 N–H and O–H groups in total. The second-order valence-corrected chi connectivity index (χ2v) is 9.64. The van der Waals surface area contributed by atoms with Gasteiger partial charge in [0.2, 0.25) is 5.95 Å². The first kappa shape index (κ1) is 25.6. The lowest BCUT2D eigenvalue weighted by atomic mass is 10.1. The molecule has 1 aromatic carbocycles. The molecule has 1 fully saturated rings. The minimum Gasteiger partial charge on any atom is -0.486 e. The molecule has 2 aromatic rings. The second-order valence-electron chi connectivity index (χ2n) is 9.64. The molecule has 10 heteroatoms. The van der Waals surface area contributed by atoms with Crippen LogP contribution in [0.15, 0.2) is 47.0 Å². The number of aromatic nitrogens is 2. The minimum absolute atomic E-state index is 0.0436. The van der Waals surface area contributed by atoms with Crippen molar-refractivity contribution in [3.63, 3.8) is 0 Å². The number of hydrogen-bond acceptors (Lipinski definition) is 8. The monoisotopic (exact) mass is 498 g/mol. The quantitative estimate of drug-likeness (QED) is 0.434. The van der Waals surface area contributed by atoms with Crippen LogP contribution in [0.3, 0.4) is 0 Å². The summed E-state index contributed by atoms with van der Waals surface area (Å²) in [5.74, 6) is -0.643. The van der Waals surface area contributed by atoms with Crippen molar-refractivity contribution >= 4 is 18.4 Å². The Bertz CT molecular complexity index is 1210. The Labute approximate surface area is 210 Å². The zero-order chi connectivity index (χ0) is 26.0. The first-order valence-corrected chi connectivity index (χ1v) is 11.9. The molecule has 36 heavy (non-hydrogen) atoms. The van der Waals surface area contributed by atoms with E-state index in [9.17, 15) is 13.9 Å². The van der Waals surface area contributed by atoms with Crippen molar-refractivity contribution in [2.45, 2.75) is 45.8 Å². The molecule has 2 aliphatic rings. The molecule has 4 rings (SSSR count). The predicted molar refractivity (Wildman–Crippen MR) is 137 cm³/mol. The van der Waals surface area contributed by atoms with Gasteiger partial charge >= 0.3 is 0 Å². The van der Waals surface area contributed by atoms with Crippen LogP contribution < -0.4 is 15.0 Å². The van der Waals surface area contributed by atoms with E-state index in [0.29, 0.717) is 37.6 Å². The molecule has 0 radical (unpaired) electrons. The largest absolute Gasteiger partial charge is 0.486 e. The molecule has 1 atom stereocenters. The van der Waals surface area contributed by atoms with Crippen LogP contribution in [0, 0.1) is 11.6 Å². The van der Waals surface area contributed by atoms with E-state index in [2.05, 4.69) is 31.9 Å². The summed E-state index contributed by atoms with van der Waals surface area (Å²) in [6.45, 7) is 13.6. The van der Waals surface area contributed by atoms with Gasteiger partial charge in [-0.05, 0) is 65.1 Å². The summed E-state index contributed by atoms with van der Waals surface area (Å²) in [4.78, 5) is 16.4. The van der Waals surface area contributed by atoms with E-state index in [0.717, 1.165) is 18.4 Å². The highest BCUT2D eigenvalue weighted by molar-refractivity contribution is 5.73. The number of hydrogen-bond donors (Lipinski definition) is 2. The van der Waals surface area contributed by atoms with Crippen molar-refractivity contribution in [1.82, 2.24) is 14.9 Å². The highest BCUT2D eigenvalue weighted by Gasteiger charge is 2.31. The summed E-state index contributed by atoms with van der Waals surface area (Å²) in [5, 5.41) is 13.1. The molecule has 2 aliphatic heterocycles. The average Bonchev–Trinajstić information content (AvgIpc) is 3.21. The van der Waals surface area contributed by atoms with E-state index in [4.69, 9.17) is 4.74 Å². The lowest BCUT2D eigenvalue weighted by Gasteiger charge is -2.34. The van der Waals surface area contributed by atoms with E-state index in [-0.39, 0.29) is 29.0 Å². The van der Waals surface area contributed by atoms with Crippen LogP contribution in [0.1, 0.15) is 34.1 Å². The lowest BCUT2D eigenvalue weighted by Crippen LogP contribution is -2.38. The molecular formula is C26H32F2N6O2. The molecule has 0 aliphatic carbocycles. The third kappa shape index (κ3) is 5.48. The number of rotatable bonds is 7. The van der Waals surface area contributed by atoms with Gasteiger partial charge in [0.05, 0.1) is 24.0 Å². The van der Waals surface area contributed by atoms with E-state index >= 15 is 0 Å². The standard InChI is InChI=1S/C26H32F2N6O2/c1-16(2)34-10-11-36-24-19(27)12-18(13-21(24)34)23-20(28)14-30-25(32-23)31-22(29-5)7-6-17(3)33-9-8-26(4,35)15-33/h6-7,12-14,16,35H,5,8-11,15H2,1-4H3,(H,30,31,32)/b17-6+,22-7+. The Hall–Kier alpha value is -3.53. The summed E-state index contributed by atoms with van der Waals surface area (Å²) >= 11 is 0. The highest BCUT2D eigenvalue weighted by Crippen LogP contribution is 2.39. The SMILES string of the molecule is C=N/C(=C\C=C(/C)N1CCC(C)(O)C1)Nc1ncc(F)c(-c2cc(F)c3c(c2)N(C(C)C)CCO3)n1. The molecule has 1 unspecified atom stereocenters. The van der Waals surface area contributed by atoms with Crippen molar-refractivity contribution < 1.29 is 18.6 Å². The number of nitrogens with zero attached hydrogens (tertiary/aromatic N) is 5. The average molecular weight is 499 g/mol. The number of ether oxygens (including phenoxy) is 1. The molecule has 0 spiro atoms. The van der Waals surface area contributed by atoms with E-state index in [1.807, 2.05) is 38.7 Å². The van der Waals surface area contributed by atoms with E-state index in [1.165, 1.54) is 6.07 Å². The van der Waals surface area contributed by atoms with Crippen molar-refractivity contribution in [1.29, 1.82) is 0 Å². The normalized spacial score (nSPS) is 20.4. The van der Waals surface area contributed by atoms with Gasteiger partial charge in [-0.2, -0.15) is 0 Å². The maximum absolute atomic E-state index is 14.9. The highest BCUT2D eigenvalue weighted by atomic mass is 19.1. The number of fused-ring (bicyclic) bond motifs is 1. The Morgan fingerprint density at radius 3 is 2.72 bits per heavy atom. The zero-order valence-electron chi connectivity index (χ0n) is 21.1. The van der Waals surface area contributed by atoms with Crippen molar-refractivity contribution in [3.8, 4) is 17.0 Å². The first-order valence-electron chi connectivity index (χ1n) is 11.9. The second kappa shape index (κ2) is 10.2. The van der Waals surface area contributed by atoms with Crippen molar-refractivity contribution in [3.05, 3.63) is 53.6 Å². The van der Waals surface area contributed by atoms with Gasteiger partial charge in [-0.25, -0.2) is 23.7 Å². The number of nitrogens with one attached hydrogen (secondary N) is 1. The van der Waals surface area contributed by atoms with Gasteiger partial charge in [0.25, 0.3) is 0 Å². The van der Waals surface area contributed by atoms with Crippen LogP contribution in [0.4, 0.5) is 20.4 Å². The topological polar surface area (TPSA) is 86.1 Å². The Morgan fingerprint density at radius 2 is 2.06 bits per heavy atom. The lowest BCUT2D eigenvalue weighted by molar-refractivity contribution is 0.0725. The van der Waals surface area contributed by atoms with Crippen LogP contribution in [0.2, 0.25) is 0 Å². The molecule has 0 bridgehead atoms. The smallest absolute Gasteiger partial charge is 0.229 e. The number of aliphatic imine (C=N–C) groups is 1. The number of allylic oxidation sites excluding steroid dienone is 3. The molecule has 0 saturated carbocycles. The zero-order valence-corrected chi connectivity index (χ0v) is 21.1. The fraction of sp³-hybridized carbons (Fsp3) is 0.423. The summed E-state index contributed by atoms with van der Waals surface area (Å²) in [7, 11) is 0. The van der Waals surface area contributed by atoms with Gasteiger partial charge < -0.3 is 25.0 Å². The van der Waals surface area contributed by atoms with Gasteiger partial charge in [-0.3, -0.25) is 0 Å². The summed E-state index contributed by atoms with van der Waals surface area (Å²) in [6, 6.07) is 3.02. The van der Waals surface area contributed by atoms with Crippen LogP contribution in [0.25, 0.3) is 11.3 Å². The molecule has 0 amide bonds. The van der Waals surface area contributed by atoms with Gasteiger partial charge in [-0.1, -0.05) is 0 Å².